The summed E-state index contributed by atoms with van der Waals surface area (Å²) in [7, 11) is 0. The van der Waals surface area contributed by atoms with Gasteiger partial charge in [-0.2, -0.15) is 0 Å². The Morgan fingerprint density at radius 3 is 2.68 bits per heavy atom. The van der Waals surface area contributed by atoms with Crippen molar-refractivity contribution < 1.29 is 23.8 Å². The molecule has 174 valence electrons. The zero-order valence-corrected chi connectivity index (χ0v) is 18.7. The number of carbonyl (C=O) groups excluding carboxylic acids is 2. The summed E-state index contributed by atoms with van der Waals surface area (Å²) >= 11 is 0. The van der Waals surface area contributed by atoms with Crippen molar-refractivity contribution >= 4 is 22.7 Å². The van der Waals surface area contributed by atoms with E-state index in [2.05, 4.69) is 17.6 Å². The van der Waals surface area contributed by atoms with Gasteiger partial charge in [0.1, 0.15) is 6.04 Å². The molecule has 4 heterocycles. The van der Waals surface area contributed by atoms with Crippen LogP contribution in [0, 0.1) is 0 Å². The summed E-state index contributed by atoms with van der Waals surface area (Å²) in [6, 6.07) is 12.5. The Hall–Kier alpha value is -3.78. The van der Waals surface area contributed by atoms with Gasteiger partial charge in [-0.3, -0.25) is 9.59 Å². The fraction of sp³-hybridized carbons (Fsp3) is 0.308. The number of nitrogens with one attached hydrogen (secondary N) is 1. The summed E-state index contributed by atoms with van der Waals surface area (Å²) in [5.74, 6) is 0.931. The molecule has 2 atom stereocenters. The van der Waals surface area contributed by atoms with Crippen LogP contribution in [0.4, 0.5) is 0 Å². The second kappa shape index (κ2) is 8.22. The van der Waals surface area contributed by atoms with Crippen molar-refractivity contribution in [2.75, 3.05) is 33.1 Å². The van der Waals surface area contributed by atoms with Crippen LogP contribution in [0.2, 0.25) is 0 Å². The summed E-state index contributed by atoms with van der Waals surface area (Å²) in [5, 5.41) is 1.06. The standard InChI is InChI=1S/C26H25N3O5/c1-2-23(30)29-20(26(31)28-9-11-32-12-10-28)14-18-17-5-3-4-6-19(17)27-24(18)25(29)16-7-8-21-22(13-16)34-15-33-21/h2-8,13,20,25,27H,1,9-12,14-15H2/t20-,25-/m1/s1. The van der Waals surface area contributed by atoms with Gasteiger partial charge in [0.25, 0.3) is 0 Å². The number of benzene rings is 2. The SMILES string of the molecule is C=CC(=O)N1[C@H](c2ccc3c(c2)OCO3)c2[nH]c3ccccc3c2C[C@@H]1C(=O)N1CCOCC1. The molecule has 0 bridgehead atoms. The minimum atomic E-state index is -0.661. The number of morpholine rings is 1. The molecule has 1 fully saturated rings. The fourth-order valence-electron chi connectivity index (χ4n) is 5.28. The summed E-state index contributed by atoms with van der Waals surface area (Å²) in [6.07, 6.45) is 1.71. The Morgan fingerprint density at radius 1 is 1.06 bits per heavy atom. The van der Waals surface area contributed by atoms with Gasteiger partial charge in [0.2, 0.25) is 18.6 Å². The number of amides is 2. The van der Waals surface area contributed by atoms with Crippen LogP contribution >= 0.6 is 0 Å². The second-order valence-electron chi connectivity index (χ2n) is 8.69. The van der Waals surface area contributed by atoms with Gasteiger partial charge in [0.05, 0.1) is 19.3 Å². The molecule has 3 aromatic rings. The number of nitrogens with zero attached hydrogens (tertiary/aromatic N) is 2. The lowest BCUT2D eigenvalue weighted by atomic mass is 9.87. The van der Waals surface area contributed by atoms with Crippen LogP contribution in [0.5, 0.6) is 11.5 Å². The first kappa shape index (κ1) is 20.8. The average Bonchev–Trinajstić information content (AvgIpc) is 3.51. The quantitative estimate of drug-likeness (QED) is 0.609. The smallest absolute Gasteiger partial charge is 0.247 e. The van der Waals surface area contributed by atoms with Crippen molar-refractivity contribution in [3.05, 3.63) is 71.9 Å². The first-order chi connectivity index (χ1) is 16.7. The number of ether oxygens (including phenoxy) is 3. The highest BCUT2D eigenvalue weighted by Gasteiger charge is 2.44. The first-order valence-electron chi connectivity index (χ1n) is 11.5. The predicted molar refractivity (Wildman–Crippen MR) is 125 cm³/mol. The third-order valence-electron chi connectivity index (χ3n) is 6.88. The summed E-state index contributed by atoms with van der Waals surface area (Å²) in [4.78, 5) is 34.2. The molecule has 0 radical (unpaired) electrons. The molecule has 3 aliphatic rings. The highest BCUT2D eigenvalue weighted by atomic mass is 16.7. The van der Waals surface area contributed by atoms with Gasteiger partial charge >= 0.3 is 0 Å². The first-order valence-corrected chi connectivity index (χ1v) is 11.5. The van der Waals surface area contributed by atoms with Gasteiger partial charge in [-0.15, -0.1) is 0 Å². The minimum Gasteiger partial charge on any atom is -0.454 e. The van der Waals surface area contributed by atoms with Crippen molar-refractivity contribution in [2.24, 2.45) is 0 Å². The van der Waals surface area contributed by atoms with Gasteiger partial charge in [0, 0.05) is 36.1 Å². The maximum absolute atomic E-state index is 13.8. The molecule has 1 saturated heterocycles. The molecular formula is C26H25N3O5. The van der Waals surface area contributed by atoms with Crippen molar-refractivity contribution in [1.82, 2.24) is 14.8 Å². The largest absolute Gasteiger partial charge is 0.454 e. The monoisotopic (exact) mass is 459 g/mol. The van der Waals surface area contributed by atoms with E-state index in [9.17, 15) is 9.59 Å². The fourth-order valence-corrected chi connectivity index (χ4v) is 5.28. The highest BCUT2D eigenvalue weighted by molar-refractivity contribution is 5.96. The van der Waals surface area contributed by atoms with Gasteiger partial charge in [-0.25, -0.2) is 0 Å². The number of rotatable bonds is 3. The zero-order valence-electron chi connectivity index (χ0n) is 18.7. The van der Waals surface area contributed by atoms with Crippen molar-refractivity contribution in [1.29, 1.82) is 0 Å². The van der Waals surface area contributed by atoms with Crippen LogP contribution in [0.1, 0.15) is 22.9 Å². The molecule has 0 saturated carbocycles. The van der Waals surface area contributed by atoms with E-state index in [-0.39, 0.29) is 18.6 Å². The maximum Gasteiger partial charge on any atom is 0.247 e. The third kappa shape index (κ3) is 3.25. The van der Waals surface area contributed by atoms with E-state index >= 15 is 0 Å². The normalized spacial score (nSPS) is 21.4. The summed E-state index contributed by atoms with van der Waals surface area (Å²) < 4.78 is 16.6. The van der Waals surface area contributed by atoms with Gasteiger partial charge in [-0.05, 0) is 35.4 Å². The van der Waals surface area contributed by atoms with E-state index in [1.165, 1.54) is 6.08 Å². The van der Waals surface area contributed by atoms with E-state index in [1.54, 1.807) is 9.80 Å². The van der Waals surface area contributed by atoms with Crippen LogP contribution in [0.15, 0.2) is 55.1 Å². The van der Waals surface area contributed by atoms with E-state index < -0.39 is 12.1 Å². The molecular weight excluding hydrogens is 434 g/mol. The van der Waals surface area contributed by atoms with E-state index in [0.29, 0.717) is 44.2 Å². The lowest BCUT2D eigenvalue weighted by molar-refractivity contribution is -0.148. The lowest BCUT2D eigenvalue weighted by Gasteiger charge is -2.43. The van der Waals surface area contributed by atoms with Crippen LogP contribution < -0.4 is 9.47 Å². The number of aromatic amines is 1. The number of hydrogen-bond acceptors (Lipinski definition) is 5. The van der Waals surface area contributed by atoms with Crippen LogP contribution in [-0.4, -0.2) is 65.7 Å². The molecule has 34 heavy (non-hydrogen) atoms. The molecule has 1 aromatic heterocycles. The number of aromatic nitrogens is 1. The van der Waals surface area contributed by atoms with Crippen LogP contribution in [0.25, 0.3) is 10.9 Å². The Labute approximate surface area is 196 Å². The summed E-state index contributed by atoms with van der Waals surface area (Å²) in [5.41, 5.74) is 3.77. The average molecular weight is 460 g/mol. The Balaban J connectivity index is 1.53. The zero-order chi connectivity index (χ0) is 23.2. The Bertz CT molecular complexity index is 1290. The molecule has 2 amide bonds. The van der Waals surface area contributed by atoms with Crippen molar-refractivity contribution in [3.8, 4) is 11.5 Å². The van der Waals surface area contributed by atoms with Crippen molar-refractivity contribution in [3.63, 3.8) is 0 Å². The lowest BCUT2D eigenvalue weighted by Crippen LogP contribution is -2.56. The molecule has 1 N–H and O–H groups in total. The topological polar surface area (TPSA) is 84.1 Å². The van der Waals surface area contributed by atoms with E-state index in [1.807, 2.05) is 36.4 Å². The third-order valence-corrected chi connectivity index (χ3v) is 6.88. The van der Waals surface area contributed by atoms with Gasteiger partial charge < -0.3 is 29.0 Å². The van der Waals surface area contributed by atoms with E-state index in [0.717, 1.165) is 27.7 Å². The van der Waals surface area contributed by atoms with E-state index in [4.69, 9.17) is 14.2 Å². The highest BCUT2D eigenvalue weighted by Crippen LogP contribution is 2.44. The Morgan fingerprint density at radius 2 is 1.85 bits per heavy atom. The molecule has 0 aliphatic carbocycles. The molecule has 6 rings (SSSR count). The molecule has 0 unspecified atom stereocenters. The Kier molecular flexibility index (Phi) is 5.03. The number of hydrogen-bond donors (Lipinski definition) is 1. The molecule has 0 spiro atoms. The number of fused-ring (bicyclic) bond motifs is 4. The molecule has 2 aromatic carbocycles. The molecule has 8 nitrogen and oxygen atoms in total. The minimum absolute atomic E-state index is 0.0693. The number of carbonyl (C=O) groups is 2. The summed E-state index contributed by atoms with van der Waals surface area (Å²) in [6.45, 7) is 5.92. The van der Waals surface area contributed by atoms with Crippen molar-refractivity contribution in [2.45, 2.75) is 18.5 Å². The predicted octanol–water partition coefficient (Wildman–Crippen LogP) is 2.78. The van der Waals surface area contributed by atoms with Crippen LogP contribution in [0.3, 0.4) is 0 Å². The van der Waals surface area contributed by atoms with Gasteiger partial charge in [0.15, 0.2) is 11.5 Å². The maximum atomic E-state index is 13.8. The number of para-hydroxylation sites is 1. The van der Waals surface area contributed by atoms with Gasteiger partial charge in [-0.1, -0.05) is 30.8 Å². The van der Waals surface area contributed by atoms with Crippen LogP contribution in [-0.2, 0) is 20.7 Å². The molecule has 3 aliphatic heterocycles. The molecule has 8 heteroatoms. The second-order valence-corrected chi connectivity index (χ2v) is 8.69. The number of H-pyrrole nitrogens is 1.